The molecule has 1 aromatic carbocycles. The van der Waals surface area contributed by atoms with Gasteiger partial charge in [-0.15, -0.1) is 0 Å². The van der Waals surface area contributed by atoms with Crippen molar-refractivity contribution in [1.29, 1.82) is 0 Å². The van der Waals surface area contributed by atoms with Crippen LogP contribution < -0.4 is 4.90 Å². The molecule has 1 unspecified atom stereocenters. The second-order valence-electron chi connectivity index (χ2n) is 6.49. The lowest BCUT2D eigenvalue weighted by molar-refractivity contribution is 0.0320. The minimum Gasteiger partial charge on any atom is -0.379 e. The monoisotopic (exact) mass is 375 g/mol. The van der Waals surface area contributed by atoms with E-state index in [1.54, 1.807) is 0 Å². The average Bonchev–Trinajstić information content (AvgIpc) is 3.04. The summed E-state index contributed by atoms with van der Waals surface area (Å²) in [6, 6.07) is 10.6. The maximum Gasteiger partial charge on any atom is 0.129 e. The summed E-state index contributed by atoms with van der Waals surface area (Å²) in [5.41, 5.74) is 1.06. The predicted molar refractivity (Wildman–Crippen MR) is 97.0 cm³/mol. The normalized spacial score (nSPS) is 22.8. The number of fused-ring (bicyclic) bond motifs is 1. The summed E-state index contributed by atoms with van der Waals surface area (Å²) in [6.07, 6.45) is 1.26. The molecule has 2 fully saturated rings. The van der Waals surface area contributed by atoms with Gasteiger partial charge in [0, 0.05) is 42.6 Å². The molecule has 0 saturated carbocycles. The minimum absolute atomic E-state index is 0.741. The van der Waals surface area contributed by atoms with Crippen molar-refractivity contribution in [3.05, 3.63) is 34.8 Å². The van der Waals surface area contributed by atoms with E-state index in [1.165, 1.54) is 18.4 Å². The maximum atomic E-state index is 5.44. The predicted octanol–water partition coefficient (Wildman–Crippen LogP) is 3.16. The Kier molecular flexibility index (Phi) is 4.51. The van der Waals surface area contributed by atoms with Crippen molar-refractivity contribution in [1.82, 2.24) is 9.88 Å². The molecule has 5 heteroatoms. The largest absolute Gasteiger partial charge is 0.379 e. The Morgan fingerprint density at radius 1 is 1.13 bits per heavy atom. The first-order chi connectivity index (χ1) is 11.3. The fraction of sp³-hybridized carbons (Fsp3) is 0.500. The van der Waals surface area contributed by atoms with Gasteiger partial charge >= 0.3 is 0 Å². The number of hydrogen-bond donors (Lipinski definition) is 0. The fourth-order valence-corrected chi connectivity index (χ4v) is 4.09. The lowest BCUT2D eigenvalue weighted by Gasteiger charge is -2.29. The zero-order valence-corrected chi connectivity index (χ0v) is 14.8. The van der Waals surface area contributed by atoms with E-state index in [4.69, 9.17) is 9.72 Å². The van der Waals surface area contributed by atoms with Crippen LogP contribution in [0.3, 0.4) is 0 Å². The molecular formula is C18H22BrN3O. The molecule has 0 aliphatic carbocycles. The van der Waals surface area contributed by atoms with E-state index >= 15 is 0 Å². The first-order valence-corrected chi connectivity index (χ1v) is 9.19. The van der Waals surface area contributed by atoms with Crippen LogP contribution in [-0.4, -0.2) is 55.8 Å². The van der Waals surface area contributed by atoms with Crippen LogP contribution in [0.25, 0.3) is 10.9 Å². The summed E-state index contributed by atoms with van der Waals surface area (Å²) < 4.78 is 6.51. The molecule has 1 atom stereocenters. The zero-order valence-electron chi connectivity index (χ0n) is 13.2. The van der Waals surface area contributed by atoms with Gasteiger partial charge < -0.3 is 9.64 Å². The van der Waals surface area contributed by atoms with Gasteiger partial charge in [-0.1, -0.05) is 12.1 Å². The van der Waals surface area contributed by atoms with Gasteiger partial charge in [-0.3, -0.25) is 4.90 Å². The van der Waals surface area contributed by atoms with Crippen LogP contribution in [0, 0.1) is 5.92 Å². The molecule has 2 aromatic rings. The van der Waals surface area contributed by atoms with Gasteiger partial charge in [-0.25, -0.2) is 4.98 Å². The second kappa shape index (κ2) is 6.75. The van der Waals surface area contributed by atoms with E-state index in [-0.39, 0.29) is 0 Å². The Labute approximate surface area is 145 Å². The molecule has 0 amide bonds. The number of aromatic nitrogens is 1. The van der Waals surface area contributed by atoms with Crippen LogP contribution in [0.15, 0.2) is 34.8 Å². The third-order valence-corrected chi connectivity index (χ3v) is 5.53. The van der Waals surface area contributed by atoms with E-state index in [0.29, 0.717) is 0 Å². The Bertz CT molecular complexity index is 687. The lowest BCUT2D eigenvalue weighted by atomic mass is 10.1. The second-order valence-corrected chi connectivity index (χ2v) is 7.35. The Balaban J connectivity index is 1.45. The van der Waals surface area contributed by atoms with Gasteiger partial charge in [0.15, 0.2) is 0 Å². The number of rotatable bonds is 3. The summed E-state index contributed by atoms with van der Waals surface area (Å²) in [6.45, 7) is 7.35. The minimum atomic E-state index is 0.741. The van der Waals surface area contributed by atoms with Crippen LogP contribution in [0.5, 0.6) is 0 Å². The standard InChI is InChI=1S/C18H22BrN3O/c19-16-3-1-2-15-4-5-17(20-18(15)16)22-7-6-14(13-22)12-21-8-10-23-11-9-21/h1-5,14H,6-13H2. The van der Waals surface area contributed by atoms with Crippen LogP contribution >= 0.6 is 15.9 Å². The third kappa shape index (κ3) is 3.37. The average molecular weight is 376 g/mol. The van der Waals surface area contributed by atoms with Crippen molar-refractivity contribution in [3.63, 3.8) is 0 Å². The van der Waals surface area contributed by atoms with Gasteiger partial charge in [-0.2, -0.15) is 0 Å². The number of ether oxygens (including phenoxy) is 1. The van der Waals surface area contributed by atoms with E-state index < -0.39 is 0 Å². The van der Waals surface area contributed by atoms with Crippen molar-refractivity contribution in [2.75, 3.05) is 50.8 Å². The molecule has 2 aliphatic heterocycles. The van der Waals surface area contributed by atoms with Crippen LogP contribution in [0.4, 0.5) is 5.82 Å². The van der Waals surface area contributed by atoms with Crippen molar-refractivity contribution in [2.24, 2.45) is 5.92 Å². The lowest BCUT2D eigenvalue weighted by Crippen LogP contribution is -2.39. The van der Waals surface area contributed by atoms with Crippen LogP contribution in [0.1, 0.15) is 6.42 Å². The summed E-state index contributed by atoms with van der Waals surface area (Å²) in [7, 11) is 0. The van der Waals surface area contributed by atoms with Crippen LogP contribution in [0.2, 0.25) is 0 Å². The number of pyridine rings is 1. The van der Waals surface area contributed by atoms with Crippen molar-refractivity contribution in [2.45, 2.75) is 6.42 Å². The highest BCUT2D eigenvalue weighted by Gasteiger charge is 2.26. The number of halogens is 1. The first-order valence-electron chi connectivity index (χ1n) is 8.40. The number of morpholine rings is 1. The molecule has 23 heavy (non-hydrogen) atoms. The summed E-state index contributed by atoms with van der Waals surface area (Å²) in [4.78, 5) is 9.86. The molecule has 0 spiro atoms. The molecule has 3 heterocycles. The van der Waals surface area contributed by atoms with Gasteiger partial charge in [0.2, 0.25) is 0 Å². The zero-order chi connectivity index (χ0) is 15.6. The van der Waals surface area contributed by atoms with Gasteiger partial charge in [0.1, 0.15) is 5.82 Å². The molecular weight excluding hydrogens is 354 g/mol. The molecule has 4 nitrogen and oxygen atoms in total. The van der Waals surface area contributed by atoms with E-state index in [2.05, 4.69) is 56.1 Å². The maximum absolute atomic E-state index is 5.44. The topological polar surface area (TPSA) is 28.6 Å². The molecule has 0 bridgehead atoms. The quantitative estimate of drug-likeness (QED) is 0.823. The summed E-state index contributed by atoms with van der Waals surface area (Å²) >= 11 is 3.62. The number of nitrogens with zero attached hydrogens (tertiary/aromatic N) is 3. The number of hydrogen-bond acceptors (Lipinski definition) is 4. The molecule has 0 radical (unpaired) electrons. The highest BCUT2D eigenvalue weighted by Crippen LogP contribution is 2.28. The van der Waals surface area contributed by atoms with Crippen molar-refractivity contribution >= 4 is 32.7 Å². The fourth-order valence-electron chi connectivity index (χ4n) is 3.62. The highest BCUT2D eigenvalue weighted by molar-refractivity contribution is 9.10. The molecule has 0 N–H and O–H groups in total. The third-order valence-electron chi connectivity index (χ3n) is 4.89. The Hall–Kier alpha value is -1.17. The van der Waals surface area contributed by atoms with Gasteiger partial charge in [0.05, 0.1) is 18.7 Å². The summed E-state index contributed by atoms with van der Waals surface area (Å²) in [5, 5.41) is 1.19. The molecule has 1 aromatic heterocycles. The molecule has 2 aliphatic rings. The summed E-state index contributed by atoms with van der Waals surface area (Å²) in [5.74, 6) is 1.85. The smallest absolute Gasteiger partial charge is 0.129 e. The number of anilines is 1. The van der Waals surface area contributed by atoms with Crippen molar-refractivity contribution in [3.8, 4) is 0 Å². The molecule has 4 rings (SSSR count). The van der Waals surface area contributed by atoms with Crippen LogP contribution in [-0.2, 0) is 4.74 Å². The van der Waals surface area contributed by atoms with Crippen molar-refractivity contribution < 1.29 is 4.74 Å². The van der Waals surface area contributed by atoms with Gasteiger partial charge in [0.25, 0.3) is 0 Å². The first kappa shape index (κ1) is 15.4. The highest BCUT2D eigenvalue weighted by atomic mass is 79.9. The van der Waals surface area contributed by atoms with E-state index in [0.717, 1.165) is 61.1 Å². The van der Waals surface area contributed by atoms with E-state index in [1.807, 2.05) is 0 Å². The Morgan fingerprint density at radius 2 is 2.00 bits per heavy atom. The molecule has 122 valence electrons. The number of para-hydroxylation sites is 1. The van der Waals surface area contributed by atoms with E-state index in [9.17, 15) is 0 Å². The Morgan fingerprint density at radius 3 is 2.87 bits per heavy atom. The SMILES string of the molecule is Brc1cccc2ccc(N3CCC(CN4CCOCC4)C3)nc12. The van der Waals surface area contributed by atoms with Gasteiger partial charge in [-0.05, 0) is 46.5 Å². The molecule has 2 saturated heterocycles. The number of benzene rings is 1.